The van der Waals surface area contributed by atoms with Crippen molar-refractivity contribution < 1.29 is 9.53 Å². The molecule has 1 heterocycles. The van der Waals surface area contributed by atoms with E-state index in [-0.39, 0.29) is 17.9 Å². The summed E-state index contributed by atoms with van der Waals surface area (Å²) >= 11 is 0. The first kappa shape index (κ1) is 12.0. The zero-order chi connectivity index (χ0) is 11.5. The van der Waals surface area contributed by atoms with E-state index in [4.69, 9.17) is 10.00 Å². The lowest BCUT2D eigenvalue weighted by Gasteiger charge is -2.19. The fourth-order valence-corrected chi connectivity index (χ4v) is 1.48. The van der Waals surface area contributed by atoms with E-state index in [2.05, 4.69) is 11.4 Å². The average molecular weight is 210 g/mol. The lowest BCUT2D eigenvalue weighted by molar-refractivity contribution is -0.131. The van der Waals surface area contributed by atoms with Crippen molar-refractivity contribution in [3.63, 3.8) is 0 Å². The number of nitriles is 1. The second kappa shape index (κ2) is 4.63. The smallest absolute Gasteiger partial charge is 0.249 e. The van der Waals surface area contributed by atoms with Crippen LogP contribution < -0.4 is 5.32 Å². The number of carbonyl (C=O) groups is 1. The summed E-state index contributed by atoms with van der Waals surface area (Å²) in [6.07, 6.45) is 0.596. The summed E-state index contributed by atoms with van der Waals surface area (Å²) in [6, 6.07) is 2.14. The van der Waals surface area contributed by atoms with Gasteiger partial charge in [0.25, 0.3) is 0 Å². The van der Waals surface area contributed by atoms with Crippen molar-refractivity contribution in [1.82, 2.24) is 5.32 Å². The third kappa shape index (κ3) is 3.21. The number of hydrogen-bond acceptors (Lipinski definition) is 3. The van der Waals surface area contributed by atoms with Gasteiger partial charge in [-0.25, -0.2) is 0 Å². The van der Waals surface area contributed by atoms with E-state index in [1.807, 2.05) is 6.92 Å². The van der Waals surface area contributed by atoms with Crippen LogP contribution in [-0.2, 0) is 9.53 Å². The molecule has 0 spiro atoms. The van der Waals surface area contributed by atoms with Gasteiger partial charge in [0.1, 0.15) is 6.10 Å². The Morgan fingerprint density at radius 1 is 1.67 bits per heavy atom. The molecule has 4 heteroatoms. The van der Waals surface area contributed by atoms with Crippen molar-refractivity contribution in [1.29, 1.82) is 5.26 Å². The van der Waals surface area contributed by atoms with E-state index in [0.29, 0.717) is 13.2 Å². The highest BCUT2D eigenvalue weighted by Crippen LogP contribution is 2.20. The molecule has 0 radical (unpaired) electrons. The first-order valence-corrected chi connectivity index (χ1v) is 5.27. The molecule has 1 N–H and O–H groups in total. The molecule has 0 aromatic carbocycles. The van der Waals surface area contributed by atoms with Crippen molar-refractivity contribution in [2.24, 2.45) is 11.3 Å². The first-order valence-electron chi connectivity index (χ1n) is 5.27. The number of rotatable bonds is 3. The van der Waals surface area contributed by atoms with Gasteiger partial charge in [0.05, 0.1) is 11.5 Å². The van der Waals surface area contributed by atoms with E-state index in [9.17, 15) is 4.79 Å². The van der Waals surface area contributed by atoms with Crippen LogP contribution in [0.15, 0.2) is 0 Å². The van der Waals surface area contributed by atoms with Crippen LogP contribution in [0.4, 0.5) is 0 Å². The van der Waals surface area contributed by atoms with Gasteiger partial charge in [0, 0.05) is 13.2 Å². The van der Waals surface area contributed by atoms with Gasteiger partial charge in [-0.2, -0.15) is 5.26 Å². The minimum absolute atomic E-state index is 0.0941. The van der Waals surface area contributed by atoms with Crippen LogP contribution in [0.25, 0.3) is 0 Å². The van der Waals surface area contributed by atoms with Gasteiger partial charge in [-0.15, -0.1) is 0 Å². The van der Waals surface area contributed by atoms with E-state index in [1.165, 1.54) is 0 Å². The number of hydrogen-bond donors (Lipinski definition) is 1. The molecule has 4 nitrogen and oxygen atoms in total. The fraction of sp³-hybridized carbons (Fsp3) is 0.818. The quantitative estimate of drug-likeness (QED) is 0.758. The topological polar surface area (TPSA) is 62.1 Å². The van der Waals surface area contributed by atoms with Gasteiger partial charge in [0.2, 0.25) is 5.91 Å². The summed E-state index contributed by atoms with van der Waals surface area (Å²) < 4.78 is 5.33. The first-order chi connectivity index (χ1) is 6.96. The van der Waals surface area contributed by atoms with Crippen LogP contribution >= 0.6 is 0 Å². The molecule has 1 aliphatic rings. The van der Waals surface area contributed by atoms with Gasteiger partial charge in [-0.05, 0) is 26.2 Å². The Labute approximate surface area is 90.6 Å². The monoisotopic (exact) mass is 210 g/mol. The molecule has 0 aromatic rings. The van der Waals surface area contributed by atoms with E-state index >= 15 is 0 Å². The zero-order valence-corrected chi connectivity index (χ0v) is 9.54. The number of amides is 1. The van der Waals surface area contributed by atoms with E-state index < -0.39 is 5.41 Å². The van der Waals surface area contributed by atoms with Crippen LogP contribution in [-0.4, -0.2) is 25.2 Å². The summed E-state index contributed by atoms with van der Waals surface area (Å²) in [5.74, 6) is 0.179. The van der Waals surface area contributed by atoms with Crippen LogP contribution in [0.1, 0.15) is 27.2 Å². The van der Waals surface area contributed by atoms with E-state index in [1.54, 1.807) is 13.8 Å². The molecule has 15 heavy (non-hydrogen) atoms. The summed E-state index contributed by atoms with van der Waals surface area (Å²) in [6.45, 7) is 6.63. The molecule has 2 unspecified atom stereocenters. The van der Waals surface area contributed by atoms with Crippen molar-refractivity contribution in [2.45, 2.75) is 33.3 Å². The van der Waals surface area contributed by atoms with Crippen molar-refractivity contribution in [2.75, 3.05) is 13.2 Å². The predicted molar refractivity (Wildman–Crippen MR) is 55.9 cm³/mol. The predicted octanol–water partition coefficient (Wildman–Crippen LogP) is 1.08. The molecule has 0 saturated carbocycles. The Balaban J connectivity index is 2.40. The number of ether oxygens (including phenoxy) is 1. The lowest BCUT2D eigenvalue weighted by Crippen LogP contribution is -2.41. The van der Waals surface area contributed by atoms with Gasteiger partial charge in [-0.1, -0.05) is 6.92 Å². The molecule has 0 bridgehead atoms. The van der Waals surface area contributed by atoms with E-state index in [0.717, 1.165) is 6.42 Å². The summed E-state index contributed by atoms with van der Waals surface area (Å²) in [4.78, 5) is 11.7. The minimum atomic E-state index is -0.516. The van der Waals surface area contributed by atoms with Gasteiger partial charge in [0.15, 0.2) is 0 Å². The summed E-state index contributed by atoms with van der Waals surface area (Å²) in [5.41, 5.74) is -0.516. The Kier molecular flexibility index (Phi) is 3.70. The Hall–Kier alpha value is -1.08. The van der Waals surface area contributed by atoms with Crippen LogP contribution in [0.5, 0.6) is 0 Å². The molecule has 84 valence electrons. The Morgan fingerprint density at radius 3 is 2.80 bits per heavy atom. The average Bonchev–Trinajstić information content (AvgIpc) is 2.61. The molecular formula is C11H18N2O2. The second-order valence-electron chi connectivity index (χ2n) is 4.77. The summed E-state index contributed by atoms with van der Waals surface area (Å²) in [5, 5.41) is 11.6. The maximum atomic E-state index is 11.7. The van der Waals surface area contributed by atoms with Crippen LogP contribution in [0.3, 0.4) is 0 Å². The fourth-order valence-electron chi connectivity index (χ4n) is 1.48. The highest BCUT2D eigenvalue weighted by Gasteiger charge is 2.31. The molecule has 1 fully saturated rings. The second-order valence-corrected chi connectivity index (χ2v) is 4.77. The van der Waals surface area contributed by atoms with Crippen molar-refractivity contribution in [3.05, 3.63) is 0 Å². The highest BCUT2D eigenvalue weighted by atomic mass is 16.5. The Morgan fingerprint density at radius 2 is 2.33 bits per heavy atom. The number of nitrogens with one attached hydrogen (secondary N) is 1. The zero-order valence-electron chi connectivity index (χ0n) is 9.54. The molecule has 0 aromatic heterocycles. The third-order valence-electron chi connectivity index (χ3n) is 2.65. The molecule has 2 atom stereocenters. The molecular weight excluding hydrogens is 192 g/mol. The maximum absolute atomic E-state index is 11.7. The lowest BCUT2D eigenvalue weighted by atomic mass is 9.95. The molecule has 1 amide bonds. The number of carbonyl (C=O) groups excluding carboxylic acids is 1. The maximum Gasteiger partial charge on any atom is 0.249 e. The largest absolute Gasteiger partial charge is 0.368 e. The van der Waals surface area contributed by atoms with Gasteiger partial charge < -0.3 is 10.1 Å². The normalized spacial score (nSPS) is 26.0. The van der Waals surface area contributed by atoms with Gasteiger partial charge in [-0.3, -0.25) is 4.79 Å². The number of nitrogens with zero attached hydrogens (tertiary/aromatic N) is 1. The minimum Gasteiger partial charge on any atom is -0.368 e. The molecule has 1 aliphatic heterocycles. The standard InChI is InChI=1S/C11H18N2O2/c1-8-4-5-15-9(8)10(14)13-7-11(2,3)6-12/h8-9H,4-5,7H2,1-3H3,(H,13,14). The van der Waals surface area contributed by atoms with Crippen molar-refractivity contribution in [3.8, 4) is 6.07 Å². The molecule has 1 rings (SSSR count). The summed E-state index contributed by atoms with van der Waals surface area (Å²) in [7, 11) is 0. The van der Waals surface area contributed by atoms with Crippen LogP contribution in [0.2, 0.25) is 0 Å². The molecule has 0 aliphatic carbocycles. The van der Waals surface area contributed by atoms with Crippen molar-refractivity contribution >= 4 is 5.91 Å². The molecule has 1 saturated heterocycles. The SMILES string of the molecule is CC1CCOC1C(=O)NCC(C)(C)C#N. The third-order valence-corrected chi connectivity index (χ3v) is 2.65. The van der Waals surface area contributed by atoms with Crippen LogP contribution in [0, 0.1) is 22.7 Å². The Bertz CT molecular complexity index is 281. The van der Waals surface area contributed by atoms with Gasteiger partial charge >= 0.3 is 0 Å². The highest BCUT2D eigenvalue weighted by molar-refractivity contribution is 5.81.